The zero-order valence-corrected chi connectivity index (χ0v) is 23.3. The van der Waals surface area contributed by atoms with E-state index in [0.29, 0.717) is 0 Å². The van der Waals surface area contributed by atoms with Gasteiger partial charge in [-0.15, -0.1) is 0 Å². The van der Waals surface area contributed by atoms with Gasteiger partial charge in [0.2, 0.25) is 0 Å². The van der Waals surface area contributed by atoms with E-state index in [1.165, 1.54) is 24.3 Å². The molecule has 4 aromatic carbocycles. The molecule has 0 spiro atoms. The molecule has 0 bridgehead atoms. The fourth-order valence-corrected chi connectivity index (χ4v) is 11.8. The van der Waals surface area contributed by atoms with Gasteiger partial charge in [-0.3, -0.25) is 0 Å². The predicted molar refractivity (Wildman–Crippen MR) is 149 cm³/mol. The molecule has 9 heteroatoms. The molecule has 0 heterocycles. The van der Waals surface area contributed by atoms with Crippen LogP contribution in [0, 0.1) is 10.1 Å². The van der Waals surface area contributed by atoms with Crippen molar-refractivity contribution in [2.75, 3.05) is 6.54 Å². The summed E-state index contributed by atoms with van der Waals surface area (Å²) in [5.41, 5.74) is 2.42. The number of amides is 1. The van der Waals surface area contributed by atoms with Gasteiger partial charge in [-0.05, 0) is 0 Å². The normalized spacial score (nSPS) is 12.4. The molecule has 0 saturated heterocycles. The Morgan fingerprint density at radius 2 is 1.29 bits per heavy atom. The number of nitro groups is 1. The summed E-state index contributed by atoms with van der Waals surface area (Å²) in [6.07, 6.45) is 0.230. The van der Waals surface area contributed by atoms with Crippen LogP contribution >= 0.6 is 0 Å². The number of nitrogens with one attached hydrogen (secondary N) is 1. The molecule has 0 aliphatic carbocycles. The van der Waals surface area contributed by atoms with Gasteiger partial charge in [0, 0.05) is 0 Å². The van der Waals surface area contributed by atoms with Crippen molar-refractivity contribution < 1.29 is 18.1 Å². The van der Waals surface area contributed by atoms with E-state index in [1.54, 1.807) is 0 Å². The number of hydrogen-bond donors (Lipinski definition) is 1. The second kappa shape index (κ2) is 12.7. The molecule has 1 amide bonds. The number of hydrogen-bond acceptors (Lipinski definition) is 5. The monoisotopic (exact) mass is 590 g/mol. The van der Waals surface area contributed by atoms with Crippen molar-refractivity contribution in [2.24, 2.45) is 0 Å². The Kier molecular flexibility index (Phi) is 9.10. The van der Waals surface area contributed by atoms with E-state index in [-0.39, 0.29) is 29.7 Å². The van der Waals surface area contributed by atoms with Gasteiger partial charge >= 0.3 is 228 Å². The van der Waals surface area contributed by atoms with Crippen LogP contribution in [0.15, 0.2) is 120 Å². The molecule has 2 atom stereocenters. The Morgan fingerprint density at radius 3 is 1.84 bits per heavy atom. The van der Waals surface area contributed by atoms with E-state index in [1.807, 2.05) is 91.0 Å². The quantitative estimate of drug-likeness (QED) is 0.155. The Balaban J connectivity index is 1.60. The maximum absolute atomic E-state index is 13.6. The number of carbonyl (C=O) groups is 1. The van der Waals surface area contributed by atoms with Crippen molar-refractivity contribution in [3.8, 4) is 0 Å². The predicted octanol–water partition coefficient (Wildman–Crippen LogP) is 4.70. The van der Waals surface area contributed by atoms with Gasteiger partial charge in [-0.1, -0.05) is 0 Å². The molecule has 0 fully saturated rings. The summed E-state index contributed by atoms with van der Waals surface area (Å²) in [5, 5.41) is 14.5. The van der Waals surface area contributed by atoms with Crippen molar-refractivity contribution in [2.45, 2.75) is 21.9 Å². The number of rotatable bonds is 11. The van der Waals surface area contributed by atoms with Gasteiger partial charge < -0.3 is 0 Å². The summed E-state index contributed by atoms with van der Waals surface area (Å²) in [6.45, 7) is 0.288. The van der Waals surface area contributed by atoms with Gasteiger partial charge in [0.25, 0.3) is 0 Å². The minimum absolute atomic E-state index is 0.120. The fourth-order valence-electron chi connectivity index (χ4n) is 4.25. The average Bonchev–Trinajstić information content (AvgIpc) is 2.94. The summed E-state index contributed by atoms with van der Waals surface area (Å²) in [6, 6.07) is 34.1. The first-order valence-corrected chi connectivity index (χ1v) is 17.3. The Labute approximate surface area is 227 Å². The van der Waals surface area contributed by atoms with Crippen molar-refractivity contribution >= 4 is 34.3 Å². The fraction of sp³-hybridized carbons (Fsp3) is 0.138. The molecule has 4 rings (SSSR count). The molecule has 0 saturated carbocycles. The molecule has 4 aromatic rings. The summed E-state index contributed by atoms with van der Waals surface area (Å²) < 4.78 is 26.0. The topological polar surface area (TPSA) is 106 Å². The van der Waals surface area contributed by atoms with Crippen LogP contribution in [-0.2, 0) is 19.3 Å². The van der Waals surface area contributed by atoms with Crippen LogP contribution in [0.4, 0.5) is 5.69 Å². The third-order valence-electron chi connectivity index (χ3n) is 6.13. The minimum atomic E-state index is -4.02. The maximum atomic E-state index is 13.6. The summed E-state index contributed by atoms with van der Waals surface area (Å²) in [7, 11) is -4.02. The van der Waals surface area contributed by atoms with Crippen molar-refractivity contribution in [1.82, 2.24) is 5.32 Å². The Morgan fingerprint density at radius 1 is 0.789 bits per heavy atom. The molecule has 194 valence electrons. The number of para-hydroxylation sites is 1. The molecule has 0 aromatic heterocycles. The van der Waals surface area contributed by atoms with Crippen molar-refractivity contribution in [3.05, 3.63) is 142 Å². The molecular weight excluding hydrogens is 563 g/mol. The zero-order chi connectivity index (χ0) is 27.0. The van der Waals surface area contributed by atoms with Crippen LogP contribution in [0.3, 0.4) is 0 Å². The Hall–Kier alpha value is -3.74. The van der Waals surface area contributed by atoms with Crippen LogP contribution in [0.25, 0.3) is 0 Å². The molecule has 0 radical (unpaired) electrons. The van der Waals surface area contributed by atoms with Gasteiger partial charge in [0.05, 0.1) is 0 Å². The van der Waals surface area contributed by atoms with Crippen LogP contribution in [-0.4, -0.2) is 40.4 Å². The molecule has 1 N–H and O–H groups in total. The molecular formula is C29H27AsN2O5S. The number of nitrogens with zero attached hydrogens (tertiary/aromatic N) is 1. The first kappa shape index (κ1) is 27.3. The summed E-state index contributed by atoms with van der Waals surface area (Å²) >= 11 is -2.04. The van der Waals surface area contributed by atoms with E-state index in [4.69, 9.17) is 0 Å². The summed E-state index contributed by atoms with van der Waals surface area (Å²) in [4.78, 5) is 24.0. The third kappa shape index (κ3) is 6.97. The van der Waals surface area contributed by atoms with E-state index in [2.05, 4.69) is 5.32 Å². The van der Waals surface area contributed by atoms with E-state index in [0.717, 1.165) is 16.7 Å². The van der Waals surface area contributed by atoms with Crippen LogP contribution in [0.2, 0.25) is 4.71 Å². The van der Waals surface area contributed by atoms with Crippen LogP contribution in [0.1, 0.15) is 22.6 Å². The third-order valence-corrected chi connectivity index (χ3v) is 13.8. The van der Waals surface area contributed by atoms with Crippen LogP contribution in [0.5, 0.6) is 0 Å². The molecule has 0 aliphatic rings. The Bertz CT molecular complexity index is 1440. The van der Waals surface area contributed by atoms with E-state index >= 15 is 0 Å². The zero-order valence-electron chi connectivity index (χ0n) is 20.4. The molecule has 38 heavy (non-hydrogen) atoms. The standard InChI is InChI=1S/C29H27AsN2O5S/c33-29(31-21-25(23-14-6-2-7-15-23)24-16-8-3-9-17-24)26(20-22-12-4-1-5-13-22)30-38(36,37)28-19-11-10-18-27(28)32(34)35/h1-19,25-26,30H,20-21H2,(H,31,33). The first-order chi connectivity index (χ1) is 18.3. The van der Waals surface area contributed by atoms with Gasteiger partial charge in [-0.25, -0.2) is 0 Å². The SMILES string of the molecule is O=C(NCC(c1ccccc1)c1ccccc1)C(Cc1ccccc1)[AsH]S(=O)(=O)c1ccccc1[N+](=O)[O-]. The van der Waals surface area contributed by atoms with Gasteiger partial charge in [0.1, 0.15) is 0 Å². The number of carbonyl (C=O) groups excluding carboxylic acids is 1. The van der Waals surface area contributed by atoms with Crippen molar-refractivity contribution in [3.63, 3.8) is 0 Å². The molecule has 0 aliphatic heterocycles. The number of benzene rings is 4. The van der Waals surface area contributed by atoms with Gasteiger partial charge in [0.15, 0.2) is 0 Å². The van der Waals surface area contributed by atoms with Crippen LogP contribution < -0.4 is 5.32 Å². The van der Waals surface area contributed by atoms with Gasteiger partial charge in [-0.2, -0.15) is 0 Å². The van der Waals surface area contributed by atoms with E-state index < -0.39 is 38.0 Å². The number of nitro benzene ring substituents is 1. The van der Waals surface area contributed by atoms with Crippen molar-refractivity contribution in [1.29, 1.82) is 0 Å². The molecule has 2 unspecified atom stereocenters. The molecule has 7 nitrogen and oxygen atoms in total. The van der Waals surface area contributed by atoms with E-state index in [9.17, 15) is 23.3 Å². The second-order valence-corrected chi connectivity index (χ2v) is 16.7. The average molecular weight is 591 g/mol. The first-order valence-electron chi connectivity index (χ1n) is 12.0. The summed E-state index contributed by atoms with van der Waals surface area (Å²) in [5.74, 6) is -0.488. The second-order valence-electron chi connectivity index (χ2n) is 8.71.